The van der Waals surface area contributed by atoms with Crippen LogP contribution in [-0.4, -0.2) is 21.3 Å². The van der Waals surface area contributed by atoms with E-state index in [1.165, 1.54) is 0 Å². The van der Waals surface area contributed by atoms with Crippen molar-refractivity contribution >= 4 is 11.6 Å². The Morgan fingerprint density at radius 3 is 2.35 bits per heavy atom. The maximum Gasteiger partial charge on any atom is 0.127 e. The van der Waals surface area contributed by atoms with Crippen molar-refractivity contribution < 1.29 is 9.47 Å². The van der Waals surface area contributed by atoms with Gasteiger partial charge in [0.2, 0.25) is 0 Å². The summed E-state index contributed by atoms with van der Waals surface area (Å²) in [6, 6.07) is 13.5. The maximum absolute atomic E-state index is 6.30. The Morgan fingerprint density at radius 1 is 1.00 bits per heavy atom. The summed E-state index contributed by atoms with van der Waals surface area (Å²) < 4.78 is 10.7. The molecular formula is C16H18ClNO2. The SMILES string of the molecule is CNC(c1ccccc1Cl)c1ccc(OC)cc1OC. The van der Waals surface area contributed by atoms with Gasteiger partial charge < -0.3 is 14.8 Å². The molecule has 0 bridgehead atoms. The Balaban J connectivity index is 2.49. The molecule has 4 heteroatoms. The van der Waals surface area contributed by atoms with Crippen molar-refractivity contribution in [2.75, 3.05) is 21.3 Å². The van der Waals surface area contributed by atoms with E-state index < -0.39 is 0 Å². The van der Waals surface area contributed by atoms with E-state index in [2.05, 4.69) is 5.32 Å². The average Bonchev–Trinajstić information content (AvgIpc) is 2.50. The van der Waals surface area contributed by atoms with Crippen LogP contribution in [0.5, 0.6) is 11.5 Å². The fraction of sp³-hybridized carbons (Fsp3) is 0.250. The molecule has 20 heavy (non-hydrogen) atoms. The van der Waals surface area contributed by atoms with Gasteiger partial charge in [-0.05, 0) is 30.8 Å². The van der Waals surface area contributed by atoms with Gasteiger partial charge in [-0.25, -0.2) is 0 Å². The Morgan fingerprint density at radius 2 is 1.75 bits per heavy atom. The molecule has 106 valence electrons. The van der Waals surface area contributed by atoms with Crippen molar-refractivity contribution in [3.05, 3.63) is 58.6 Å². The van der Waals surface area contributed by atoms with Gasteiger partial charge in [-0.15, -0.1) is 0 Å². The van der Waals surface area contributed by atoms with Gasteiger partial charge >= 0.3 is 0 Å². The van der Waals surface area contributed by atoms with Crippen LogP contribution in [0.2, 0.25) is 5.02 Å². The summed E-state index contributed by atoms with van der Waals surface area (Å²) in [5.41, 5.74) is 2.03. The molecular weight excluding hydrogens is 274 g/mol. The fourth-order valence-corrected chi connectivity index (χ4v) is 2.49. The topological polar surface area (TPSA) is 30.5 Å². The summed E-state index contributed by atoms with van der Waals surface area (Å²) in [7, 11) is 5.19. The molecule has 0 fully saturated rings. The second kappa shape index (κ2) is 6.64. The normalized spacial score (nSPS) is 12.0. The number of rotatable bonds is 5. The lowest BCUT2D eigenvalue weighted by atomic mass is 9.97. The van der Waals surface area contributed by atoms with E-state index in [0.29, 0.717) is 0 Å². The molecule has 0 spiro atoms. The number of hydrogen-bond acceptors (Lipinski definition) is 3. The molecule has 0 heterocycles. The lowest BCUT2D eigenvalue weighted by Crippen LogP contribution is -2.18. The van der Waals surface area contributed by atoms with Crippen LogP contribution in [0.15, 0.2) is 42.5 Å². The summed E-state index contributed by atoms with van der Waals surface area (Å²) in [4.78, 5) is 0. The predicted molar refractivity (Wildman–Crippen MR) is 81.9 cm³/mol. The number of benzene rings is 2. The van der Waals surface area contributed by atoms with Gasteiger partial charge in [0.1, 0.15) is 11.5 Å². The monoisotopic (exact) mass is 291 g/mol. The minimum Gasteiger partial charge on any atom is -0.497 e. The molecule has 2 aromatic carbocycles. The zero-order valence-corrected chi connectivity index (χ0v) is 12.6. The van der Waals surface area contributed by atoms with E-state index in [-0.39, 0.29) is 6.04 Å². The van der Waals surface area contributed by atoms with Crippen molar-refractivity contribution in [3.8, 4) is 11.5 Å². The molecule has 0 aliphatic carbocycles. The van der Waals surface area contributed by atoms with Gasteiger partial charge in [-0.2, -0.15) is 0 Å². The third kappa shape index (κ3) is 2.89. The molecule has 1 atom stereocenters. The molecule has 0 aromatic heterocycles. The summed E-state index contributed by atoms with van der Waals surface area (Å²) in [6.45, 7) is 0. The highest BCUT2D eigenvalue weighted by Gasteiger charge is 2.19. The molecule has 0 saturated carbocycles. The van der Waals surface area contributed by atoms with E-state index in [0.717, 1.165) is 27.6 Å². The van der Waals surface area contributed by atoms with Crippen LogP contribution in [0.4, 0.5) is 0 Å². The van der Waals surface area contributed by atoms with E-state index in [1.807, 2.05) is 49.5 Å². The van der Waals surface area contributed by atoms with Crippen LogP contribution in [-0.2, 0) is 0 Å². The third-order valence-corrected chi connectivity index (χ3v) is 3.60. The van der Waals surface area contributed by atoms with E-state index in [4.69, 9.17) is 21.1 Å². The van der Waals surface area contributed by atoms with E-state index in [1.54, 1.807) is 14.2 Å². The summed E-state index contributed by atoms with van der Waals surface area (Å²) in [5, 5.41) is 4.01. The second-order valence-electron chi connectivity index (χ2n) is 4.35. The Kier molecular flexibility index (Phi) is 4.88. The molecule has 1 unspecified atom stereocenters. The van der Waals surface area contributed by atoms with Crippen molar-refractivity contribution in [1.82, 2.24) is 5.32 Å². The highest BCUT2D eigenvalue weighted by Crippen LogP contribution is 2.35. The number of hydrogen-bond donors (Lipinski definition) is 1. The lowest BCUT2D eigenvalue weighted by Gasteiger charge is -2.21. The molecule has 3 nitrogen and oxygen atoms in total. The quantitative estimate of drug-likeness (QED) is 0.912. The van der Waals surface area contributed by atoms with Gasteiger partial charge in [-0.1, -0.05) is 29.8 Å². The second-order valence-corrected chi connectivity index (χ2v) is 4.76. The van der Waals surface area contributed by atoms with Crippen LogP contribution >= 0.6 is 11.6 Å². The van der Waals surface area contributed by atoms with Crippen molar-refractivity contribution in [2.45, 2.75) is 6.04 Å². The van der Waals surface area contributed by atoms with Gasteiger partial charge in [0.05, 0.1) is 20.3 Å². The van der Waals surface area contributed by atoms with Gasteiger partial charge in [0.15, 0.2) is 0 Å². The number of methoxy groups -OCH3 is 2. The van der Waals surface area contributed by atoms with E-state index >= 15 is 0 Å². The van der Waals surface area contributed by atoms with Gasteiger partial charge in [-0.3, -0.25) is 0 Å². The minimum absolute atomic E-state index is 0.0374. The number of halogens is 1. The molecule has 0 amide bonds. The maximum atomic E-state index is 6.30. The Bertz CT molecular complexity index is 586. The standard InChI is InChI=1S/C16H18ClNO2/c1-18-16(12-6-4-5-7-14(12)17)13-9-8-11(19-2)10-15(13)20-3/h4-10,16,18H,1-3H3. The first kappa shape index (κ1) is 14.7. The minimum atomic E-state index is -0.0374. The largest absolute Gasteiger partial charge is 0.497 e. The summed E-state index contributed by atoms with van der Waals surface area (Å²) in [6.07, 6.45) is 0. The zero-order chi connectivity index (χ0) is 14.5. The van der Waals surface area contributed by atoms with Crippen molar-refractivity contribution in [1.29, 1.82) is 0 Å². The summed E-state index contributed by atoms with van der Waals surface area (Å²) >= 11 is 6.30. The smallest absolute Gasteiger partial charge is 0.127 e. The Hall–Kier alpha value is -1.71. The van der Waals surface area contributed by atoms with Crippen LogP contribution < -0.4 is 14.8 Å². The third-order valence-electron chi connectivity index (χ3n) is 3.26. The molecule has 0 aliphatic heterocycles. The molecule has 0 saturated heterocycles. The van der Waals surface area contributed by atoms with Gasteiger partial charge in [0, 0.05) is 16.7 Å². The highest BCUT2D eigenvalue weighted by molar-refractivity contribution is 6.31. The van der Waals surface area contributed by atoms with Crippen LogP contribution in [0.3, 0.4) is 0 Å². The molecule has 2 rings (SSSR count). The van der Waals surface area contributed by atoms with Crippen LogP contribution in [0, 0.1) is 0 Å². The molecule has 0 aliphatic rings. The number of nitrogens with one attached hydrogen (secondary N) is 1. The summed E-state index contributed by atoms with van der Waals surface area (Å²) in [5.74, 6) is 1.53. The number of ether oxygens (including phenoxy) is 2. The average molecular weight is 292 g/mol. The highest BCUT2D eigenvalue weighted by atomic mass is 35.5. The van der Waals surface area contributed by atoms with Crippen LogP contribution in [0.1, 0.15) is 17.2 Å². The zero-order valence-electron chi connectivity index (χ0n) is 11.8. The first-order chi connectivity index (χ1) is 9.71. The first-order valence-electron chi connectivity index (χ1n) is 6.35. The first-order valence-corrected chi connectivity index (χ1v) is 6.72. The molecule has 1 N–H and O–H groups in total. The lowest BCUT2D eigenvalue weighted by molar-refractivity contribution is 0.388. The molecule has 2 aromatic rings. The Labute approximate surface area is 124 Å². The molecule has 0 radical (unpaired) electrons. The van der Waals surface area contributed by atoms with Gasteiger partial charge in [0.25, 0.3) is 0 Å². The van der Waals surface area contributed by atoms with Crippen molar-refractivity contribution in [3.63, 3.8) is 0 Å². The van der Waals surface area contributed by atoms with Crippen LogP contribution in [0.25, 0.3) is 0 Å². The fourth-order valence-electron chi connectivity index (χ4n) is 2.24. The van der Waals surface area contributed by atoms with E-state index in [9.17, 15) is 0 Å². The predicted octanol–water partition coefficient (Wildman–Crippen LogP) is 3.67. The van der Waals surface area contributed by atoms with Crippen molar-refractivity contribution in [2.24, 2.45) is 0 Å².